The molecule has 9 heteroatoms. The highest BCUT2D eigenvalue weighted by atomic mass is 16.5. The van der Waals surface area contributed by atoms with Gasteiger partial charge in [0.1, 0.15) is 6.54 Å². The van der Waals surface area contributed by atoms with Gasteiger partial charge in [0.25, 0.3) is 5.91 Å². The smallest absolute Gasteiger partial charge is 0.407 e. The molecule has 0 fully saturated rings. The van der Waals surface area contributed by atoms with Crippen LogP contribution in [0.3, 0.4) is 0 Å². The summed E-state index contributed by atoms with van der Waals surface area (Å²) in [6.07, 6.45) is -0.318. The zero-order chi connectivity index (χ0) is 20.5. The minimum Gasteiger partial charge on any atom is -0.453 e. The van der Waals surface area contributed by atoms with E-state index < -0.39 is 34.6 Å². The van der Waals surface area contributed by atoms with Crippen LogP contribution < -0.4 is 16.0 Å². The van der Waals surface area contributed by atoms with Gasteiger partial charge in [-0.15, -0.1) is 0 Å². The number of methoxy groups -OCH3 is 1. The minimum absolute atomic E-state index is 0.113. The van der Waals surface area contributed by atoms with Gasteiger partial charge >= 0.3 is 6.09 Å². The van der Waals surface area contributed by atoms with Crippen LogP contribution in [0.5, 0.6) is 0 Å². The Kier molecular flexibility index (Phi) is 8.95. The van der Waals surface area contributed by atoms with Crippen LogP contribution in [0.15, 0.2) is 0 Å². The molecule has 0 aliphatic carbocycles. The van der Waals surface area contributed by atoms with Crippen LogP contribution in [0.1, 0.15) is 47.5 Å². The summed E-state index contributed by atoms with van der Waals surface area (Å²) in [6, 6.07) is 0. The Balaban J connectivity index is 4.28. The van der Waals surface area contributed by atoms with Crippen molar-refractivity contribution in [2.45, 2.75) is 53.0 Å². The molecule has 0 aliphatic rings. The monoisotopic (exact) mass is 371 g/mol. The van der Waals surface area contributed by atoms with Gasteiger partial charge in [0.2, 0.25) is 11.7 Å². The third-order valence-electron chi connectivity index (χ3n) is 3.43. The Morgan fingerprint density at radius 2 is 1.46 bits per heavy atom. The first kappa shape index (κ1) is 23.5. The van der Waals surface area contributed by atoms with E-state index in [0.717, 1.165) is 0 Å². The van der Waals surface area contributed by atoms with Gasteiger partial charge in [0.15, 0.2) is 5.78 Å². The first-order valence-electron chi connectivity index (χ1n) is 8.25. The van der Waals surface area contributed by atoms with Crippen molar-refractivity contribution in [3.8, 4) is 0 Å². The highest BCUT2D eigenvalue weighted by molar-refractivity contribution is 6.38. The number of rotatable bonds is 9. The largest absolute Gasteiger partial charge is 0.453 e. The zero-order valence-corrected chi connectivity index (χ0v) is 16.3. The van der Waals surface area contributed by atoms with Crippen molar-refractivity contribution < 1.29 is 28.7 Å². The Morgan fingerprint density at radius 1 is 0.885 bits per heavy atom. The lowest BCUT2D eigenvalue weighted by atomic mass is 9.89. The van der Waals surface area contributed by atoms with Gasteiger partial charge in [0, 0.05) is 17.4 Å². The Labute approximate surface area is 153 Å². The van der Waals surface area contributed by atoms with Gasteiger partial charge in [-0.3, -0.25) is 19.2 Å². The number of hydrogen-bond acceptors (Lipinski definition) is 6. The predicted molar refractivity (Wildman–Crippen MR) is 94.3 cm³/mol. The van der Waals surface area contributed by atoms with Crippen LogP contribution in [0.2, 0.25) is 0 Å². The van der Waals surface area contributed by atoms with Crippen LogP contribution in [0.4, 0.5) is 4.79 Å². The maximum Gasteiger partial charge on any atom is 0.407 e. The quantitative estimate of drug-likeness (QED) is 0.500. The fourth-order valence-corrected chi connectivity index (χ4v) is 1.79. The summed E-state index contributed by atoms with van der Waals surface area (Å²) in [7, 11) is 1.17. The molecule has 0 spiro atoms. The number of alkyl carbamates (subject to hydrolysis) is 1. The molecular formula is C17H29N3O6. The first-order chi connectivity index (χ1) is 11.8. The summed E-state index contributed by atoms with van der Waals surface area (Å²) >= 11 is 0. The van der Waals surface area contributed by atoms with E-state index in [9.17, 15) is 24.0 Å². The molecule has 0 aromatic carbocycles. The number of amides is 3. The van der Waals surface area contributed by atoms with Crippen LogP contribution >= 0.6 is 0 Å². The molecule has 0 aliphatic heterocycles. The normalized spacial score (nSPS) is 11.3. The lowest BCUT2D eigenvalue weighted by Gasteiger charge is -2.27. The second-order valence-corrected chi connectivity index (χ2v) is 7.58. The van der Waals surface area contributed by atoms with Crippen molar-refractivity contribution in [3.63, 3.8) is 0 Å². The Morgan fingerprint density at radius 3 is 1.96 bits per heavy atom. The summed E-state index contributed by atoms with van der Waals surface area (Å²) in [6.45, 7) is 7.92. The predicted octanol–water partition coefficient (Wildman–Crippen LogP) is 0.318. The Bertz CT molecular complexity index is 563. The molecule has 9 nitrogen and oxygen atoms in total. The minimum atomic E-state index is -0.779. The van der Waals surface area contributed by atoms with Crippen molar-refractivity contribution in [3.05, 3.63) is 0 Å². The summed E-state index contributed by atoms with van der Waals surface area (Å²) in [5.41, 5.74) is -1.53. The Hall–Kier alpha value is -2.45. The van der Waals surface area contributed by atoms with Crippen molar-refractivity contribution in [2.75, 3.05) is 20.2 Å². The SMILES string of the molecule is COC(=O)NCC(=O)NCC(=O)CCC(C)(C)NC(=O)C(=O)C(C)(C)C. The van der Waals surface area contributed by atoms with Crippen LogP contribution in [-0.2, 0) is 23.9 Å². The van der Waals surface area contributed by atoms with E-state index in [1.165, 1.54) is 7.11 Å². The zero-order valence-electron chi connectivity index (χ0n) is 16.3. The highest BCUT2D eigenvalue weighted by Crippen LogP contribution is 2.17. The van der Waals surface area contributed by atoms with Crippen LogP contribution in [-0.4, -0.2) is 55.2 Å². The lowest BCUT2D eigenvalue weighted by molar-refractivity contribution is -0.143. The van der Waals surface area contributed by atoms with Crippen molar-refractivity contribution >= 4 is 29.5 Å². The van der Waals surface area contributed by atoms with Crippen molar-refractivity contribution in [2.24, 2.45) is 5.41 Å². The van der Waals surface area contributed by atoms with Crippen molar-refractivity contribution in [1.29, 1.82) is 0 Å². The van der Waals surface area contributed by atoms with Gasteiger partial charge in [-0.05, 0) is 20.3 Å². The molecule has 0 aromatic heterocycles. The number of nitrogens with one attached hydrogen (secondary N) is 3. The number of ketones is 2. The average Bonchev–Trinajstić information content (AvgIpc) is 2.53. The highest BCUT2D eigenvalue weighted by Gasteiger charge is 2.31. The second kappa shape index (κ2) is 9.88. The fourth-order valence-electron chi connectivity index (χ4n) is 1.79. The maximum absolute atomic E-state index is 12.0. The third-order valence-corrected chi connectivity index (χ3v) is 3.43. The molecule has 0 aromatic rings. The molecule has 0 rings (SSSR count). The molecule has 0 heterocycles. The van der Waals surface area contributed by atoms with E-state index >= 15 is 0 Å². The molecule has 148 valence electrons. The molecule has 0 saturated heterocycles. The maximum atomic E-state index is 12.0. The number of ether oxygens (including phenoxy) is 1. The molecule has 0 atom stereocenters. The standard InChI is InChI=1S/C17H29N3O6/c1-16(2,3)13(23)14(24)20-17(4,5)8-7-11(21)9-18-12(22)10-19-15(25)26-6/h7-10H2,1-6H3,(H,18,22)(H,19,25)(H,20,24). The summed E-state index contributed by atoms with van der Waals surface area (Å²) in [5.74, 6) is -1.97. The molecule has 3 N–H and O–H groups in total. The first-order valence-corrected chi connectivity index (χ1v) is 8.25. The van der Waals surface area contributed by atoms with Crippen LogP contribution in [0, 0.1) is 5.41 Å². The number of carbonyl (C=O) groups excluding carboxylic acids is 5. The molecular weight excluding hydrogens is 342 g/mol. The second-order valence-electron chi connectivity index (χ2n) is 7.58. The molecule has 26 heavy (non-hydrogen) atoms. The summed E-state index contributed by atoms with van der Waals surface area (Å²) in [4.78, 5) is 58.0. The lowest BCUT2D eigenvalue weighted by Crippen LogP contribution is -2.49. The number of hydrogen-bond donors (Lipinski definition) is 3. The molecule has 0 unspecified atom stereocenters. The van der Waals surface area contributed by atoms with Gasteiger partial charge in [-0.25, -0.2) is 4.79 Å². The van der Waals surface area contributed by atoms with Crippen LogP contribution in [0.25, 0.3) is 0 Å². The van der Waals surface area contributed by atoms with Gasteiger partial charge in [-0.1, -0.05) is 20.8 Å². The molecule has 0 bridgehead atoms. The molecule has 0 saturated carbocycles. The van der Waals surface area contributed by atoms with E-state index in [-0.39, 0.29) is 25.3 Å². The summed E-state index contributed by atoms with van der Waals surface area (Å²) < 4.78 is 4.32. The summed E-state index contributed by atoms with van der Waals surface area (Å²) in [5, 5.41) is 7.20. The van der Waals surface area contributed by atoms with E-state index in [1.54, 1.807) is 34.6 Å². The fraction of sp³-hybridized carbons (Fsp3) is 0.706. The molecule has 0 radical (unpaired) electrons. The molecule has 3 amide bonds. The van der Waals surface area contributed by atoms with E-state index in [1.807, 2.05) is 0 Å². The van der Waals surface area contributed by atoms with Crippen molar-refractivity contribution in [1.82, 2.24) is 16.0 Å². The van der Waals surface area contributed by atoms with E-state index in [2.05, 4.69) is 20.7 Å². The average molecular weight is 371 g/mol. The number of Topliss-reactive ketones (excluding diaryl/α,β-unsaturated/α-hetero) is 2. The number of carbonyl (C=O) groups is 5. The van der Waals surface area contributed by atoms with Gasteiger partial charge in [0.05, 0.1) is 13.7 Å². The topological polar surface area (TPSA) is 131 Å². The van der Waals surface area contributed by atoms with E-state index in [0.29, 0.717) is 6.42 Å². The third kappa shape index (κ3) is 9.75. The van der Waals surface area contributed by atoms with Gasteiger partial charge in [-0.2, -0.15) is 0 Å². The van der Waals surface area contributed by atoms with Gasteiger partial charge < -0.3 is 20.7 Å². The van der Waals surface area contributed by atoms with E-state index in [4.69, 9.17) is 0 Å².